The molecule has 124 valence electrons. The molecule has 0 unspecified atom stereocenters. The van der Waals surface area contributed by atoms with Crippen LogP contribution >= 0.6 is 23.1 Å². The van der Waals surface area contributed by atoms with Crippen LogP contribution in [0.1, 0.15) is 11.5 Å². The lowest BCUT2D eigenvalue weighted by atomic mass is 10.3. The lowest BCUT2D eigenvalue weighted by Crippen LogP contribution is -2.07. The fraction of sp³-hybridized carbons (Fsp3) is 0.200. The number of nitrogen functional groups attached to an aromatic ring is 1. The van der Waals surface area contributed by atoms with Crippen LogP contribution in [-0.2, 0) is 5.75 Å². The summed E-state index contributed by atoms with van der Waals surface area (Å²) in [5, 5.41) is 5.13. The second-order valence-corrected chi connectivity index (χ2v) is 6.88. The van der Waals surface area contributed by atoms with E-state index in [4.69, 9.17) is 10.5 Å². The van der Waals surface area contributed by atoms with Crippen molar-refractivity contribution in [2.75, 3.05) is 18.2 Å². The molecule has 0 atom stereocenters. The maximum Gasteiger partial charge on any atom is 0.232 e. The lowest BCUT2D eigenvalue weighted by molar-refractivity contribution is 0.417. The number of thiazole rings is 1. The van der Waals surface area contributed by atoms with Crippen LogP contribution in [0.2, 0.25) is 0 Å². The molecule has 2 heterocycles. The van der Waals surface area contributed by atoms with Gasteiger partial charge in [-0.05, 0) is 19.1 Å². The fourth-order valence-electron chi connectivity index (χ4n) is 1.95. The zero-order chi connectivity index (χ0) is 16.9. The van der Waals surface area contributed by atoms with Crippen molar-refractivity contribution in [1.82, 2.24) is 19.9 Å². The summed E-state index contributed by atoms with van der Waals surface area (Å²) in [5.74, 6) is 2.43. The van der Waals surface area contributed by atoms with E-state index in [9.17, 15) is 0 Å². The number of nitrogens with one attached hydrogen (secondary N) is 1. The number of nitrogens with two attached hydrogens (primary N) is 1. The Morgan fingerprint density at radius 2 is 2.04 bits per heavy atom. The number of ether oxygens (including phenoxy) is 1. The SMILES string of the molecule is COc1ccccc1Nc1nc(N)nc(CSc2nc(C)cs2)n1. The van der Waals surface area contributed by atoms with Crippen molar-refractivity contribution in [2.24, 2.45) is 0 Å². The van der Waals surface area contributed by atoms with E-state index in [0.29, 0.717) is 23.3 Å². The van der Waals surface area contributed by atoms with E-state index in [0.717, 1.165) is 15.7 Å². The van der Waals surface area contributed by atoms with Gasteiger partial charge in [0.15, 0.2) is 4.34 Å². The summed E-state index contributed by atoms with van der Waals surface area (Å²) in [5.41, 5.74) is 7.57. The number of aryl methyl sites for hydroxylation is 1. The van der Waals surface area contributed by atoms with Crippen LogP contribution < -0.4 is 15.8 Å². The predicted octanol–water partition coefficient (Wildman–Crippen LogP) is 3.26. The highest BCUT2D eigenvalue weighted by molar-refractivity contribution is 8.00. The first-order chi connectivity index (χ1) is 11.6. The second-order valence-electron chi connectivity index (χ2n) is 4.80. The van der Waals surface area contributed by atoms with Crippen molar-refractivity contribution in [3.05, 3.63) is 41.2 Å². The summed E-state index contributed by atoms with van der Waals surface area (Å²) in [7, 11) is 1.61. The molecule has 0 saturated heterocycles. The third-order valence-electron chi connectivity index (χ3n) is 2.98. The van der Waals surface area contributed by atoms with Crippen molar-refractivity contribution >= 4 is 40.7 Å². The van der Waals surface area contributed by atoms with E-state index in [-0.39, 0.29) is 5.95 Å². The van der Waals surface area contributed by atoms with E-state index in [1.165, 1.54) is 0 Å². The van der Waals surface area contributed by atoms with Gasteiger partial charge in [-0.25, -0.2) is 4.98 Å². The Morgan fingerprint density at radius 1 is 1.21 bits per heavy atom. The molecular weight excluding hydrogens is 344 g/mol. The smallest absolute Gasteiger partial charge is 0.232 e. The molecule has 0 amide bonds. The van der Waals surface area contributed by atoms with Gasteiger partial charge in [0, 0.05) is 11.1 Å². The fourth-order valence-corrected chi connectivity index (χ4v) is 3.66. The van der Waals surface area contributed by atoms with Crippen LogP contribution in [0.15, 0.2) is 34.0 Å². The molecule has 0 radical (unpaired) electrons. The Hall–Kier alpha value is -2.39. The van der Waals surface area contributed by atoms with E-state index in [1.807, 2.05) is 36.6 Å². The first-order valence-corrected chi connectivity index (χ1v) is 8.96. The van der Waals surface area contributed by atoms with Crippen molar-refractivity contribution < 1.29 is 4.74 Å². The average Bonchev–Trinajstić information content (AvgIpc) is 2.98. The number of rotatable bonds is 6. The molecule has 0 aliphatic heterocycles. The highest BCUT2D eigenvalue weighted by Gasteiger charge is 2.09. The minimum atomic E-state index is 0.174. The molecule has 3 rings (SSSR count). The van der Waals surface area contributed by atoms with Gasteiger partial charge >= 0.3 is 0 Å². The quantitative estimate of drug-likeness (QED) is 0.646. The zero-order valence-corrected chi connectivity index (χ0v) is 14.8. The summed E-state index contributed by atoms with van der Waals surface area (Å²) >= 11 is 3.17. The van der Waals surface area contributed by atoms with E-state index >= 15 is 0 Å². The molecule has 0 aliphatic carbocycles. The number of methoxy groups -OCH3 is 1. The van der Waals surface area contributed by atoms with E-state index in [2.05, 4.69) is 25.3 Å². The number of nitrogens with zero attached hydrogens (tertiary/aromatic N) is 4. The average molecular weight is 360 g/mol. The minimum absolute atomic E-state index is 0.174. The minimum Gasteiger partial charge on any atom is -0.495 e. The molecule has 0 fully saturated rings. The largest absolute Gasteiger partial charge is 0.495 e. The summed E-state index contributed by atoms with van der Waals surface area (Å²) in [6.45, 7) is 1.97. The molecular formula is C15H16N6OS2. The first-order valence-electron chi connectivity index (χ1n) is 7.09. The molecule has 0 bridgehead atoms. The van der Waals surface area contributed by atoms with Gasteiger partial charge in [0.1, 0.15) is 11.6 Å². The maximum absolute atomic E-state index is 5.80. The number of anilines is 3. The van der Waals surface area contributed by atoms with Crippen LogP contribution in [-0.4, -0.2) is 27.0 Å². The Morgan fingerprint density at radius 3 is 2.79 bits per heavy atom. The van der Waals surface area contributed by atoms with Gasteiger partial charge < -0.3 is 15.8 Å². The van der Waals surface area contributed by atoms with Gasteiger partial charge in [0.05, 0.1) is 18.6 Å². The Bertz CT molecular complexity index is 838. The Labute approximate surface area is 147 Å². The molecule has 2 aromatic heterocycles. The summed E-state index contributed by atoms with van der Waals surface area (Å²) < 4.78 is 6.29. The second kappa shape index (κ2) is 7.45. The highest BCUT2D eigenvalue weighted by Crippen LogP contribution is 2.27. The standard InChI is InChI=1S/C15H16N6OS2/c1-9-7-23-15(17-9)24-8-12-19-13(16)21-14(20-12)18-10-5-3-4-6-11(10)22-2/h3-7H,8H2,1-2H3,(H3,16,18,19,20,21). The monoisotopic (exact) mass is 360 g/mol. The van der Waals surface area contributed by atoms with Gasteiger partial charge in [0.2, 0.25) is 11.9 Å². The molecule has 0 aliphatic rings. The van der Waals surface area contributed by atoms with Crippen LogP contribution in [0.25, 0.3) is 0 Å². The van der Waals surface area contributed by atoms with Gasteiger partial charge in [-0.1, -0.05) is 23.9 Å². The van der Waals surface area contributed by atoms with Crippen LogP contribution in [0.5, 0.6) is 5.75 Å². The summed E-state index contributed by atoms with van der Waals surface area (Å²) in [6.07, 6.45) is 0. The van der Waals surface area contributed by atoms with Crippen LogP contribution in [0, 0.1) is 6.92 Å². The Balaban J connectivity index is 1.76. The first kappa shape index (κ1) is 16.5. The molecule has 3 aromatic rings. The number of hydrogen-bond donors (Lipinski definition) is 2. The third-order valence-corrected chi connectivity index (χ3v) is 5.11. The molecule has 7 nitrogen and oxygen atoms in total. The van der Waals surface area contributed by atoms with Gasteiger partial charge in [0.25, 0.3) is 0 Å². The number of aromatic nitrogens is 4. The summed E-state index contributed by atoms with van der Waals surface area (Å²) in [6, 6.07) is 7.53. The van der Waals surface area contributed by atoms with E-state index < -0.39 is 0 Å². The van der Waals surface area contributed by atoms with Crippen molar-refractivity contribution in [3.8, 4) is 5.75 Å². The molecule has 24 heavy (non-hydrogen) atoms. The van der Waals surface area contributed by atoms with Crippen molar-refractivity contribution in [2.45, 2.75) is 17.0 Å². The van der Waals surface area contributed by atoms with Crippen LogP contribution in [0.4, 0.5) is 17.6 Å². The predicted molar refractivity (Wildman–Crippen MR) is 96.9 cm³/mol. The molecule has 0 spiro atoms. The molecule has 1 aromatic carbocycles. The van der Waals surface area contributed by atoms with Crippen molar-refractivity contribution in [3.63, 3.8) is 0 Å². The topological polar surface area (TPSA) is 98.8 Å². The van der Waals surface area contributed by atoms with E-state index in [1.54, 1.807) is 30.2 Å². The van der Waals surface area contributed by atoms with Gasteiger partial charge in [-0.15, -0.1) is 11.3 Å². The van der Waals surface area contributed by atoms with Gasteiger partial charge in [-0.3, -0.25) is 0 Å². The molecule has 0 saturated carbocycles. The summed E-state index contributed by atoms with van der Waals surface area (Å²) in [4.78, 5) is 17.1. The number of hydrogen-bond acceptors (Lipinski definition) is 9. The number of para-hydroxylation sites is 2. The molecule has 9 heteroatoms. The Kier molecular flexibility index (Phi) is 5.11. The number of benzene rings is 1. The third kappa shape index (κ3) is 4.12. The highest BCUT2D eigenvalue weighted by atomic mass is 32.2. The lowest BCUT2D eigenvalue weighted by Gasteiger charge is -2.10. The number of thioether (sulfide) groups is 1. The van der Waals surface area contributed by atoms with Gasteiger partial charge in [-0.2, -0.15) is 15.0 Å². The maximum atomic E-state index is 5.80. The molecule has 3 N–H and O–H groups in total. The zero-order valence-electron chi connectivity index (χ0n) is 13.2. The normalized spacial score (nSPS) is 10.6. The van der Waals surface area contributed by atoms with Crippen molar-refractivity contribution in [1.29, 1.82) is 0 Å². The van der Waals surface area contributed by atoms with Crippen LogP contribution in [0.3, 0.4) is 0 Å².